The van der Waals surface area contributed by atoms with E-state index in [1.54, 1.807) is 0 Å². The molecule has 1 aromatic heterocycles. The predicted octanol–water partition coefficient (Wildman–Crippen LogP) is 1.41. The Balaban J connectivity index is 1.47. The Morgan fingerprint density at radius 3 is 2.48 bits per heavy atom. The Labute approximate surface area is 146 Å². The first-order chi connectivity index (χ1) is 12.1. The molecule has 1 amide bonds. The number of aromatic amines is 1. The zero-order valence-corrected chi connectivity index (χ0v) is 14.2. The number of rotatable bonds is 5. The number of hydrogen-bond acceptors (Lipinski definition) is 3. The fourth-order valence-electron chi connectivity index (χ4n) is 3.30. The fourth-order valence-corrected chi connectivity index (χ4v) is 3.30. The van der Waals surface area contributed by atoms with Crippen molar-refractivity contribution in [1.82, 2.24) is 14.5 Å². The minimum Gasteiger partial charge on any atom is -0.341 e. The van der Waals surface area contributed by atoms with E-state index in [4.69, 9.17) is 0 Å². The lowest BCUT2D eigenvalue weighted by Crippen LogP contribution is -2.42. The monoisotopic (exact) mass is 341 g/mol. The molecule has 6 heteroatoms. The molecule has 6 nitrogen and oxygen atoms in total. The molecule has 2 heterocycles. The minimum atomic E-state index is -0.543. The highest BCUT2D eigenvalue weighted by atomic mass is 16.2. The molecule has 1 aliphatic heterocycles. The van der Waals surface area contributed by atoms with E-state index in [0.29, 0.717) is 5.92 Å². The van der Waals surface area contributed by atoms with E-state index >= 15 is 0 Å². The number of benzene rings is 1. The van der Waals surface area contributed by atoms with Gasteiger partial charge >= 0.3 is 5.69 Å². The van der Waals surface area contributed by atoms with Gasteiger partial charge in [0.25, 0.3) is 5.56 Å². The molecule has 0 saturated carbocycles. The smallest absolute Gasteiger partial charge is 0.328 e. The summed E-state index contributed by atoms with van der Waals surface area (Å²) in [6.07, 6.45) is 5.58. The predicted molar refractivity (Wildman–Crippen MR) is 95.4 cm³/mol. The average molecular weight is 341 g/mol. The van der Waals surface area contributed by atoms with Gasteiger partial charge in [0, 0.05) is 25.4 Å². The maximum absolute atomic E-state index is 12.4. The number of aromatic nitrogens is 2. The molecular weight excluding hydrogens is 318 g/mol. The van der Waals surface area contributed by atoms with Crippen LogP contribution in [0, 0.1) is 5.92 Å². The Morgan fingerprint density at radius 2 is 1.80 bits per heavy atom. The average Bonchev–Trinajstić information content (AvgIpc) is 2.63. The summed E-state index contributed by atoms with van der Waals surface area (Å²) < 4.78 is 1.24. The molecule has 1 saturated heterocycles. The standard InChI is InChI=1S/C19H23N3O3/c23-17-10-13-22(19(25)20-17)14-18(24)21-11-8-16(9-12-21)7-6-15-4-2-1-3-5-15/h1-5,10,13,16H,6-9,11-12,14H2,(H,20,23,25). The van der Waals surface area contributed by atoms with Gasteiger partial charge in [0.1, 0.15) is 6.54 Å². The van der Waals surface area contributed by atoms with Crippen LogP contribution < -0.4 is 11.2 Å². The number of nitrogens with one attached hydrogen (secondary N) is 1. The minimum absolute atomic E-state index is 0.0235. The van der Waals surface area contributed by atoms with Crippen molar-refractivity contribution in [3.63, 3.8) is 0 Å². The third-order valence-electron chi connectivity index (χ3n) is 4.85. The van der Waals surface area contributed by atoms with Gasteiger partial charge in [-0.1, -0.05) is 30.3 Å². The summed E-state index contributed by atoms with van der Waals surface area (Å²) >= 11 is 0. The zero-order chi connectivity index (χ0) is 17.6. The van der Waals surface area contributed by atoms with Gasteiger partial charge in [-0.3, -0.25) is 19.1 Å². The number of likely N-dealkylation sites (tertiary alicyclic amines) is 1. The number of carbonyl (C=O) groups is 1. The first kappa shape index (κ1) is 17.2. The van der Waals surface area contributed by atoms with Crippen LogP contribution in [0.2, 0.25) is 0 Å². The van der Waals surface area contributed by atoms with E-state index < -0.39 is 11.2 Å². The van der Waals surface area contributed by atoms with E-state index in [-0.39, 0.29) is 12.5 Å². The molecular formula is C19H23N3O3. The van der Waals surface area contributed by atoms with Crippen molar-refractivity contribution in [1.29, 1.82) is 0 Å². The van der Waals surface area contributed by atoms with Crippen molar-refractivity contribution in [3.8, 4) is 0 Å². The molecule has 0 spiro atoms. The highest BCUT2D eigenvalue weighted by molar-refractivity contribution is 5.76. The number of hydrogen-bond donors (Lipinski definition) is 1. The molecule has 0 bridgehead atoms. The maximum Gasteiger partial charge on any atom is 0.328 e. The van der Waals surface area contributed by atoms with Gasteiger partial charge < -0.3 is 4.90 Å². The summed E-state index contributed by atoms with van der Waals surface area (Å²) in [7, 11) is 0. The summed E-state index contributed by atoms with van der Waals surface area (Å²) in [5.74, 6) is 0.565. The Morgan fingerprint density at radius 1 is 1.08 bits per heavy atom. The van der Waals surface area contributed by atoms with Crippen molar-refractivity contribution in [2.45, 2.75) is 32.2 Å². The van der Waals surface area contributed by atoms with Crippen LogP contribution >= 0.6 is 0 Å². The van der Waals surface area contributed by atoms with Crippen LogP contribution in [0.5, 0.6) is 0 Å². The topological polar surface area (TPSA) is 75.2 Å². The van der Waals surface area contributed by atoms with Gasteiger partial charge in [-0.15, -0.1) is 0 Å². The van der Waals surface area contributed by atoms with Gasteiger partial charge in [0.15, 0.2) is 0 Å². The largest absolute Gasteiger partial charge is 0.341 e. The van der Waals surface area contributed by atoms with Crippen LogP contribution in [-0.4, -0.2) is 33.4 Å². The van der Waals surface area contributed by atoms with Crippen LogP contribution in [0.1, 0.15) is 24.8 Å². The van der Waals surface area contributed by atoms with Gasteiger partial charge in [-0.2, -0.15) is 0 Å². The normalized spacial score (nSPS) is 15.3. The molecule has 0 atom stereocenters. The van der Waals surface area contributed by atoms with Crippen LogP contribution in [0.25, 0.3) is 0 Å². The lowest BCUT2D eigenvalue weighted by atomic mass is 9.90. The van der Waals surface area contributed by atoms with E-state index in [9.17, 15) is 14.4 Å². The number of amides is 1. The second kappa shape index (κ2) is 7.96. The van der Waals surface area contributed by atoms with E-state index in [0.717, 1.165) is 38.8 Å². The molecule has 1 N–H and O–H groups in total. The number of aryl methyl sites for hydroxylation is 1. The quantitative estimate of drug-likeness (QED) is 0.893. The van der Waals surface area contributed by atoms with Crippen molar-refractivity contribution < 1.29 is 4.79 Å². The summed E-state index contributed by atoms with van der Waals surface area (Å²) in [5.41, 5.74) is 0.366. The molecule has 132 valence electrons. The van der Waals surface area contributed by atoms with E-state index in [2.05, 4.69) is 29.2 Å². The number of carbonyl (C=O) groups excluding carboxylic acids is 1. The lowest BCUT2D eigenvalue weighted by molar-refractivity contribution is -0.133. The number of piperidine rings is 1. The molecule has 25 heavy (non-hydrogen) atoms. The lowest BCUT2D eigenvalue weighted by Gasteiger charge is -2.32. The van der Waals surface area contributed by atoms with Gasteiger partial charge in [-0.25, -0.2) is 4.79 Å². The molecule has 0 aliphatic carbocycles. The van der Waals surface area contributed by atoms with Gasteiger partial charge in [0.2, 0.25) is 5.91 Å². The first-order valence-corrected chi connectivity index (χ1v) is 8.73. The number of H-pyrrole nitrogens is 1. The SMILES string of the molecule is O=C(Cn1ccc(=O)[nH]c1=O)N1CCC(CCc2ccccc2)CC1. The first-order valence-electron chi connectivity index (χ1n) is 8.73. The maximum atomic E-state index is 12.4. The van der Waals surface area contributed by atoms with Crippen LogP contribution in [-0.2, 0) is 17.8 Å². The summed E-state index contributed by atoms with van der Waals surface area (Å²) in [4.78, 5) is 39.1. The van der Waals surface area contributed by atoms with Crippen molar-refractivity contribution in [2.24, 2.45) is 5.92 Å². The third-order valence-corrected chi connectivity index (χ3v) is 4.85. The van der Waals surface area contributed by atoms with Crippen LogP contribution in [0.15, 0.2) is 52.2 Å². The summed E-state index contributed by atoms with van der Waals surface area (Å²) in [6.45, 7) is 1.44. The Hall–Kier alpha value is -2.63. The van der Waals surface area contributed by atoms with E-state index in [1.807, 2.05) is 11.0 Å². The highest BCUT2D eigenvalue weighted by Crippen LogP contribution is 2.22. The second-order valence-electron chi connectivity index (χ2n) is 6.59. The molecule has 1 aliphatic rings. The summed E-state index contributed by atoms with van der Waals surface area (Å²) in [6, 6.07) is 11.7. The molecule has 2 aromatic rings. The zero-order valence-electron chi connectivity index (χ0n) is 14.2. The number of nitrogens with zero attached hydrogens (tertiary/aromatic N) is 2. The van der Waals surface area contributed by atoms with Crippen LogP contribution in [0.3, 0.4) is 0 Å². The fraction of sp³-hybridized carbons (Fsp3) is 0.421. The van der Waals surface area contributed by atoms with Crippen molar-refractivity contribution >= 4 is 5.91 Å². The molecule has 1 aromatic carbocycles. The van der Waals surface area contributed by atoms with Gasteiger partial charge in [-0.05, 0) is 37.2 Å². The van der Waals surface area contributed by atoms with E-state index in [1.165, 1.54) is 22.4 Å². The molecule has 1 fully saturated rings. The Kier molecular flexibility index (Phi) is 5.48. The Bertz CT molecular complexity index is 818. The molecule has 0 radical (unpaired) electrons. The third kappa shape index (κ3) is 4.68. The van der Waals surface area contributed by atoms with Crippen LogP contribution in [0.4, 0.5) is 0 Å². The molecule has 0 unspecified atom stereocenters. The molecule has 3 rings (SSSR count). The van der Waals surface area contributed by atoms with Crippen molar-refractivity contribution in [2.75, 3.05) is 13.1 Å². The second-order valence-corrected chi connectivity index (χ2v) is 6.59. The summed E-state index contributed by atoms with van der Waals surface area (Å²) in [5, 5.41) is 0. The highest BCUT2D eigenvalue weighted by Gasteiger charge is 2.22. The van der Waals surface area contributed by atoms with Gasteiger partial charge in [0.05, 0.1) is 0 Å². The van der Waals surface area contributed by atoms with Crippen molar-refractivity contribution in [3.05, 3.63) is 69.0 Å².